The van der Waals surface area contributed by atoms with Gasteiger partial charge in [-0.2, -0.15) is 0 Å². The fraction of sp³-hybridized carbons (Fsp3) is 0.533. The van der Waals surface area contributed by atoms with Crippen LogP contribution in [-0.4, -0.2) is 42.1 Å². The summed E-state index contributed by atoms with van der Waals surface area (Å²) in [5.41, 5.74) is 0.379. The Bertz CT molecular complexity index is 477. The fourth-order valence-electron chi connectivity index (χ4n) is 2.54. The molecule has 0 saturated carbocycles. The molecule has 2 N–H and O–H groups in total. The molecule has 0 unspecified atom stereocenters. The molecular weight excluding hydrogens is 356 g/mol. The molecule has 118 valence electrons. The first kappa shape index (κ1) is 18.3. The Balaban J connectivity index is 0.00000220. The summed E-state index contributed by atoms with van der Waals surface area (Å²) in [6.07, 6.45) is 2.04. The van der Waals surface area contributed by atoms with E-state index in [1.807, 2.05) is 4.90 Å². The van der Waals surface area contributed by atoms with Crippen molar-refractivity contribution in [2.75, 3.05) is 26.2 Å². The number of carbonyl (C=O) groups excluding carboxylic acids is 1. The van der Waals surface area contributed by atoms with Gasteiger partial charge in [-0.3, -0.25) is 4.79 Å². The van der Waals surface area contributed by atoms with E-state index in [2.05, 4.69) is 28.2 Å². The van der Waals surface area contributed by atoms with Gasteiger partial charge in [0.2, 0.25) is 0 Å². The predicted octanol–water partition coefficient (Wildman–Crippen LogP) is 3.04. The molecular formula is C15H22BrClN2O2. The Morgan fingerprint density at radius 1 is 1.43 bits per heavy atom. The van der Waals surface area contributed by atoms with E-state index in [0.717, 1.165) is 43.5 Å². The Hall–Kier alpha value is -0.780. The first-order valence-electron chi connectivity index (χ1n) is 7.10. The predicted molar refractivity (Wildman–Crippen MR) is 90.2 cm³/mol. The van der Waals surface area contributed by atoms with E-state index < -0.39 is 0 Å². The number of carbonyl (C=O) groups is 1. The van der Waals surface area contributed by atoms with E-state index in [4.69, 9.17) is 0 Å². The second-order valence-electron chi connectivity index (χ2n) is 5.20. The zero-order valence-electron chi connectivity index (χ0n) is 12.1. The van der Waals surface area contributed by atoms with Crippen LogP contribution in [0.15, 0.2) is 22.7 Å². The molecule has 0 radical (unpaired) electrons. The van der Waals surface area contributed by atoms with Crippen molar-refractivity contribution in [1.82, 2.24) is 10.2 Å². The van der Waals surface area contributed by atoms with Crippen molar-refractivity contribution >= 4 is 34.2 Å². The Morgan fingerprint density at radius 3 is 2.71 bits per heavy atom. The summed E-state index contributed by atoms with van der Waals surface area (Å²) in [6.45, 7) is 5.65. The van der Waals surface area contributed by atoms with Crippen LogP contribution >= 0.6 is 28.3 Å². The molecule has 0 spiro atoms. The summed E-state index contributed by atoms with van der Waals surface area (Å²) in [6, 6.07) is 4.96. The van der Waals surface area contributed by atoms with Gasteiger partial charge in [-0.05, 0) is 50.0 Å². The van der Waals surface area contributed by atoms with Crippen molar-refractivity contribution in [2.24, 2.45) is 5.92 Å². The van der Waals surface area contributed by atoms with Crippen LogP contribution in [0.1, 0.15) is 30.1 Å². The van der Waals surface area contributed by atoms with Gasteiger partial charge in [0.1, 0.15) is 5.75 Å². The Morgan fingerprint density at radius 2 is 2.10 bits per heavy atom. The highest BCUT2D eigenvalue weighted by Crippen LogP contribution is 2.25. The van der Waals surface area contributed by atoms with E-state index in [1.165, 1.54) is 0 Å². The lowest BCUT2D eigenvalue weighted by molar-refractivity contribution is 0.0687. The molecule has 6 heteroatoms. The number of halogens is 2. The van der Waals surface area contributed by atoms with Crippen LogP contribution in [-0.2, 0) is 0 Å². The number of piperidine rings is 1. The van der Waals surface area contributed by atoms with E-state index >= 15 is 0 Å². The van der Waals surface area contributed by atoms with Crippen LogP contribution in [0.25, 0.3) is 0 Å². The molecule has 1 aliphatic heterocycles. The molecule has 0 aromatic heterocycles. The van der Waals surface area contributed by atoms with Gasteiger partial charge in [-0.25, -0.2) is 0 Å². The second kappa shape index (κ2) is 8.61. The van der Waals surface area contributed by atoms with Crippen LogP contribution in [0.5, 0.6) is 5.75 Å². The van der Waals surface area contributed by atoms with Crippen LogP contribution in [0.2, 0.25) is 0 Å². The molecule has 2 rings (SSSR count). The Kier molecular flexibility index (Phi) is 7.49. The third-order valence-corrected chi connectivity index (χ3v) is 4.27. The zero-order chi connectivity index (χ0) is 14.5. The molecule has 0 aliphatic carbocycles. The lowest BCUT2D eigenvalue weighted by Crippen LogP contribution is -2.40. The third-order valence-electron chi connectivity index (χ3n) is 3.77. The van der Waals surface area contributed by atoms with Gasteiger partial charge in [0.25, 0.3) is 5.91 Å². The van der Waals surface area contributed by atoms with Crippen LogP contribution in [0, 0.1) is 5.92 Å². The summed E-state index contributed by atoms with van der Waals surface area (Å²) in [4.78, 5) is 14.3. The fourth-order valence-corrected chi connectivity index (χ4v) is 2.90. The number of phenolic OH excluding ortho intramolecular Hbond substituents is 1. The number of nitrogens with zero attached hydrogens (tertiary/aromatic N) is 1. The zero-order valence-corrected chi connectivity index (χ0v) is 14.5. The molecule has 1 aromatic rings. The summed E-state index contributed by atoms with van der Waals surface area (Å²) in [5.74, 6) is 0.619. The second-order valence-corrected chi connectivity index (χ2v) is 6.12. The molecule has 0 bridgehead atoms. The van der Waals surface area contributed by atoms with Crippen molar-refractivity contribution in [1.29, 1.82) is 0 Å². The maximum absolute atomic E-state index is 12.4. The highest BCUT2D eigenvalue weighted by molar-refractivity contribution is 9.10. The largest absolute Gasteiger partial charge is 0.507 e. The van der Waals surface area contributed by atoms with Gasteiger partial charge in [0.15, 0.2) is 0 Å². The van der Waals surface area contributed by atoms with E-state index in [0.29, 0.717) is 11.5 Å². The summed E-state index contributed by atoms with van der Waals surface area (Å²) in [7, 11) is 0. The van der Waals surface area contributed by atoms with Crippen molar-refractivity contribution in [3.05, 3.63) is 28.2 Å². The molecule has 4 nitrogen and oxygen atoms in total. The first-order chi connectivity index (χ1) is 9.61. The highest BCUT2D eigenvalue weighted by atomic mass is 79.9. The third kappa shape index (κ3) is 4.87. The lowest BCUT2D eigenvalue weighted by atomic mass is 9.96. The number of hydrogen-bond acceptors (Lipinski definition) is 3. The smallest absolute Gasteiger partial charge is 0.257 e. The van der Waals surface area contributed by atoms with Gasteiger partial charge in [-0.15, -0.1) is 12.4 Å². The Labute approximate surface area is 140 Å². The minimum Gasteiger partial charge on any atom is -0.507 e. The van der Waals surface area contributed by atoms with Crippen LogP contribution in [0.3, 0.4) is 0 Å². The molecule has 1 aliphatic rings. The maximum atomic E-state index is 12.4. The molecule has 1 amide bonds. The average Bonchev–Trinajstić information content (AvgIpc) is 2.47. The minimum atomic E-state index is -0.0781. The highest BCUT2D eigenvalue weighted by Gasteiger charge is 2.24. The lowest BCUT2D eigenvalue weighted by Gasteiger charge is -2.32. The molecule has 1 fully saturated rings. The number of benzene rings is 1. The van der Waals surface area contributed by atoms with Crippen LogP contribution in [0.4, 0.5) is 0 Å². The number of hydrogen-bond donors (Lipinski definition) is 2. The molecule has 0 atom stereocenters. The molecule has 1 saturated heterocycles. The first-order valence-corrected chi connectivity index (χ1v) is 7.89. The summed E-state index contributed by atoms with van der Waals surface area (Å²) < 4.78 is 0.806. The number of likely N-dealkylation sites (tertiary alicyclic amines) is 1. The standard InChI is InChI=1S/C15H21BrN2O2.ClH/c1-2-17-10-11-5-7-18(8-6-11)15(20)13-9-12(16)3-4-14(13)19;/h3-4,9,11,17,19H,2,5-8,10H2,1H3;1H. The number of aromatic hydroxyl groups is 1. The monoisotopic (exact) mass is 376 g/mol. The number of amides is 1. The summed E-state index contributed by atoms with van der Waals surface area (Å²) in [5, 5.41) is 13.2. The summed E-state index contributed by atoms with van der Waals surface area (Å²) >= 11 is 3.34. The number of phenols is 1. The minimum absolute atomic E-state index is 0. The van der Waals surface area contributed by atoms with Crippen LogP contribution < -0.4 is 5.32 Å². The maximum Gasteiger partial charge on any atom is 0.257 e. The van der Waals surface area contributed by atoms with Gasteiger partial charge in [0.05, 0.1) is 5.56 Å². The van der Waals surface area contributed by atoms with Gasteiger partial charge >= 0.3 is 0 Å². The number of nitrogens with one attached hydrogen (secondary N) is 1. The van der Waals surface area contributed by atoms with E-state index in [9.17, 15) is 9.90 Å². The van der Waals surface area contributed by atoms with Crippen molar-refractivity contribution < 1.29 is 9.90 Å². The average molecular weight is 378 g/mol. The van der Waals surface area contributed by atoms with Gasteiger partial charge in [0, 0.05) is 17.6 Å². The van der Waals surface area contributed by atoms with Gasteiger partial charge in [-0.1, -0.05) is 22.9 Å². The van der Waals surface area contributed by atoms with E-state index in [1.54, 1.807) is 18.2 Å². The van der Waals surface area contributed by atoms with Gasteiger partial charge < -0.3 is 15.3 Å². The molecule has 1 heterocycles. The van der Waals surface area contributed by atoms with Crippen molar-refractivity contribution in [3.8, 4) is 5.75 Å². The SMILES string of the molecule is CCNCC1CCN(C(=O)c2cc(Br)ccc2O)CC1.Cl. The van der Waals surface area contributed by atoms with Crippen molar-refractivity contribution in [2.45, 2.75) is 19.8 Å². The molecule has 1 aromatic carbocycles. The quantitative estimate of drug-likeness (QED) is 0.848. The van der Waals surface area contributed by atoms with Crippen molar-refractivity contribution in [3.63, 3.8) is 0 Å². The topological polar surface area (TPSA) is 52.6 Å². The number of rotatable bonds is 4. The molecule has 21 heavy (non-hydrogen) atoms. The van der Waals surface area contributed by atoms with E-state index in [-0.39, 0.29) is 24.1 Å². The normalized spacial score (nSPS) is 15.6.